The quantitative estimate of drug-likeness (QED) is 0.642. The predicted octanol–water partition coefficient (Wildman–Crippen LogP) is 3.13. The van der Waals surface area contributed by atoms with Crippen LogP contribution in [-0.4, -0.2) is 18.8 Å². The summed E-state index contributed by atoms with van der Waals surface area (Å²) in [4.78, 5) is 12.0. The number of halogens is 1. The molecule has 0 spiro atoms. The Morgan fingerprint density at radius 2 is 2.03 bits per heavy atom. The lowest BCUT2D eigenvalue weighted by atomic mass is 9.83. The van der Waals surface area contributed by atoms with E-state index in [1.807, 2.05) is 6.07 Å². The van der Waals surface area contributed by atoms with Gasteiger partial charge in [-0.2, -0.15) is 5.26 Å². The van der Waals surface area contributed by atoms with Crippen molar-refractivity contribution in [1.29, 1.82) is 5.26 Å². The SMILES string of the molecule is COc1cc(C2C(C#N)=C(N)Oc3c2ccc2c3oc(=O)n2C)cc(Br)c1OC. The van der Waals surface area contributed by atoms with Gasteiger partial charge in [-0.25, -0.2) is 4.79 Å². The van der Waals surface area contributed by atoms with E-state index in [0.29, 0.717) is 32.8 Å². The van der Waals surface area contributed by atoms with Gasteiger partial charge in [-0.15, -0.1) is 0 Å². The number of ether oxygens (including phenoxy) is 3. The van der Waals surface area contributed by atoms with Crippen LogP contribution in [0.2, 0.25) is 0 Å². The first-order valence-electron chi connectivity index (χ1n) is 8.52. The van der Waals surface area contributed by atoms with Crippen LogP contribution in [0, 0.1) is 11.3 Å². The zero-order valence-electron chi connectivity index (χ0n) is 15.8. The largest absolute Gasteiger partial charge is 0.493 e. The smallest absolute Gasteiger partial charge is 0.419 e. The molecule has 3 aromatic rings. The average Bonchev–Trinajstić information content (AvgIpc) is 3.00. The average molecular weight is 458 g/mol. The number of aromatic nitrogens is 1. The third kappa shape index (κ3) is 2.76. The molecule has 0 amide bonds. The molecule has 148 valence electrons. The van der Waals surface area contributed by atoms with Crippen LogP contribution >= 0.6 is 15.9 Å². The summed E-state index contributed by atoms with van der Waals surface area (Å²) in [5, 5.41) is 9.76. The molecule has 0 aliphatic carbocycles. The Hall–Kier alpha value is -3.38. The number of oxazole rings is 1. The van der Waals surface area contributed by atoms with Crippen LogP contribution in [0.15, 0.2) is 49.4 Å². The van der Waals surface area contributed by atoms with Crippen molar-refractivity contribution in [2.24, 2.45) is 12.8 Å². The normalized spacial score (nSPS) is 15.6. The summed E-state index contributed by atoms with van der Waals surface area (Å²) >= 11 is 3.49. The van der Waals surface area contributed by atoms with Crippen LogP contribution < -0.4 is 25.7 Å². The first-order valence-corrected chi connectivity index (χ1v) is 9.32. The zero-order valence-corrected chi connectivity index (χ0v) is 17.4. The highest BCUT2D eigenvalue weighted by molar-refractivity contribution is 9.10. The van der Waals surface area contributed by atoms with Gasteiger partial charge >= 0.3 is 5.76 Å². The molecule has 1 aromatic heterocycles. The minimum absolute atomic E-state index is 0.0464. The third-order valence-electron chi connectivity index (χ3n) is 4.93. The number of methoxy groups -OCH3 is 2. The zero-order chi connectivity index (χ0) is 20.9. The molecule has 29 heavy (non-hydrogen) atoms. The van der Waals surface area contributed by atoms with Crippen LogP contribution in [0.3, 0.4) is 0 Å². The third-order valence-corrected chi connectivity index (χ3v) is 5.52. The molecule has 2 heterocycles. The maximum atomic E-state index is 12.0. The van der Waals surface area contributed by atoms with Crippen molar-refractivity contribution in [2.75, 3.05) is 14.2 Å². The van der Waals surface area contributed by atoms with Gasteiger partial charge in [0.1, 0.15) is 11.6 Å². The maximum Gasteiger partial charge on any atom is 0.419 e. The molecule has 1 aliphatic heterocycles. The van der Waals surface area contributed by atoms with E-state index < -0.39 is 11.7 Å². The topological polar surface area (TPSA) is 113 Å². The second-order valence-electron chi connectivity index (χ2n) is 6.42. The first-order chi connectivity index (χ1) is 13.9. The van der Waals surface area contributed by atoms with Crippen molar-refractivity contribution >= 4 is 27.0 Å². The highest BCUT2D eigenvalue weighted by Crippen LogP contribution is 2.48. The minimum Gasteiger partial charge on any atom is -0.493 e. The van der Waals surface area contributed by atoms with Gasteiger partial charge in [-0.1, -0.05) is 6.07 Å². The fraction of sp³-hybridized carbons (Fsp3) is 0.200. The first kappa shape index (κ1) is 19.0. The van der Waals surface area contributed by atoms with Crippen molar-refractivity contribution < 1.29 is 18.6 Å². The molecule has 0 fully saturated rings. The Morgan fingerprint density at radius 1 is 1.28 bits per heavy atom. The second kappa shape index (κ2) is 6.90. The van der Waals surface area contributed by atoms with Crippen LogP contribution in [0.5, 0.6) is 17.2 Å². The van der Waals surface area contributed by atoms with E-state index in [1.54, 1.807) is 32.4 Å². The Balaban J connectivity index is 2.03. The number of hydrogen-bond acceptors (Lipinski definition) is 7. The fourth-order valence-corrected chi connectivity index (χ4v) is 4.17. The molecule has 0 radical (unpaired) electrons. The van der Waals surface area contributed by atoms with Crippen LogP contribution in [-0.2, 0) is 7.05 Å². The van der Waals surface area contributed by atoms with Crippen molar-refractivity contribution in [3.8, 4) is 23.3 Å². The lowest BCUT2D eigenvalue weighted by molar-refractivity contribution is 0.352. The summed E-state index contributed by atoms with van der Waals surface area (Å²) in [6.07, 6.45) is 0. The fourth-order valence-electron chi connectivity index (χ4n) is 3.55. The number of allylic oxidation sites excluding steroid dienone is 1. The summed E-state index contributed by atoms with van der Waals surface area (Å²) in [5.41, 5.74) is 8.54. The lowest BCUT2D eigenvalue weighted by Gasteiger charge is -2.27. The molecule has 9 heteroatoms. The van der Waals surface area contributed by atoms with E-state index in [2.05, 4.69) is 22.0 Å². The predicted molar refractivity (Wildman–Crippen MR) is 108 cm³/mol. The van der Waals surface area contributed by atoms with Gasteiger partial charge in [0.25, 0.3) is 0 Å². The van der Waals surface area contributed by atoms with E-state index in [0.717, 1.165) is 5.56 Å². The Morgan fingerprint density at radius 3 is 2.69 bits per heavy atom. The summed E-state index contributed by atoms with van der Waals surface area (Å²) in [5.74, 6) is 0.227. The van der Waals surface area contributed by atoms with Crippen molar-refractivity contribution in [3.63, 3.8) is 0 Å². The van der Waals surface area contributed by atoms with E-state index in [-0.39, 0.29) is 17.0 Å². The van der Waals surface area contributed by atoms with Gasteiger partial charge in [0, 0.05) is 12.6 Å². The standard InChI is InChI=1S/C20H16BrN3O5/c1-24-13-5-4-10-15(9-6-12(21)17(27-3)14(7-9)26-2)11(8-22)19(23)28-16(10)18(13)29-20(24)25/h4-7,15H,23H2,1-3H3. The molecule has 0 bridgehead atoms. The van der Waals surface area contributed by atoms with E-state index in [1.165, 1.54) is 11.7 Å². The van der Waals surface area contributed by atoms with Crippen molar-refractivity contribution in [2.45, 2.75) is 5.92 Å². The van der Waals surface area contributed by atoms with Gasteiger partial charge in [0.15, 0.2) is 22.8 Å². The Labute approximate surface area is 173 Å². The molecule has 2 aromatic carbocycles. The minimum atomic E-state index is -0.547. The number of nitrogens with two attached hydrogens (primary N) is 1. The van der Waals surface area contributed by atoms with Gasteiger partial charge in [-0.05, 0) is 39.7 Å². The summed E-state index contributed by atoms with van der Waals surface area (Å²) in [6, 6.07) is 9.29. The van der Waals surface area contributed by atoms with Crippen molar-refractivity contribution in [3.05, 3.63) is 61.9 Å². The number of hydrogen-bond donors (Lipinski definition) is 1. The van der Waals surface area contributed by atoms with Crippen LogP contribution in [0.1, 0.15) is 17.0 Å². The highest BCUT2D eigenvalue weighted by atomic mass is 79.9. The molecule has 1 unspecified atom stereocenters. The molecule has 0 saturated carbocycles. The summed E-state index contributed by atoms with van der Waals surface area (Å²) in [7, 11) is 4.68. The molecular weight excluding hydrogens is 442 g/mol. The number of nitrogens with zero attached hydrogens (tertiary/aromatic N) is 2. The van der Waals surface area contributed by atoms with Gasteiger partial charge in [-0.3, -0.25) is 4.57 Å². The lowest BCUT2D eigenvalue weighted by Crippen LogP contribution is -2.21. The summed E-state index contributed by atoms with van der Waals surface area (Å²) in [6.45, 7) is 0. The highest BCUT2D eigenvalue weighted by Gasteiger charge is 2.34. The Kier molecular flexibility index (Phi) is 4.51. The number of nitriles is 1. The molecule has 2 N–H and O–H groups in total. The molecule has 1 atom stereocenters. The summed E-state index contributed by atoms with van der Waals surface area (Å²) < 4.78 is 23.9. The number of rotatable bonds is 3. The second-order valence-corrected chi connectivity index (χ2v) is 7.28. The van der Waals surface area contributed by atoms with Crippen LogP contribution in [0.4, 0.5) is 0 Å². The number of fused-ring (bicyclic) bond motifs is 3. The molecule has 1 aliphatic rings. The van der Waals surface area contributed by atoms with E-state index in [4.69, 9.17) is 24.4 Å². The number of aryl methyl sites for hydroxylation is 1. The molecule has 0 saturated heterocycles. The van der Waals surface area contributed by atoms with E-state index in [9.17, 15) is 10.1 Å². The molecular formula is C20H16BrN3O5. The van der Waals surface area contributed by atoms with Crippen molar-refractivity contribution in [1.82, 2.24) is 4.57 Å². The van der Waals surface area contributed by atoms with Gasteiger partial charge < -0.3 is 24.4 Å². The van der Waals surface area contributed by atoms with E-state index >= 15 is 0 Å². The number of benzene rings is 2. The molecule has 8 nitrogen and oxygen atoms in total. The maximum absolute atomic E-state index is 12.0. The molecule has 4 rings (SSSR count). The van der Waals surface area contributed by atoms with Gasteiger partial charge in [0.05, 0.1) is 30.1 Å². The monoisotopic (exact) mass is 457 g/mol. The van der Waals surface area contributed by atoms with Crippen LogP contribution in [0.25, 0.3) is 11.1 Å². The van der Waals surface area contributed by atoms with Gasteiger partial charge in [0.2, 0.25) is 5.88 Å². The Bertz CT molecular complexity index is 1280.